The van der Waals surface area contributed by atoms with Crippen LogP contribution in [0.2, 0.25) is 0 Å². The first-order valence-corrected chi connectivity index (χ1v) is 4.07. The molecule has 0 saturated carbocycles. The van der Waals surface area contributed by atoms with E-state index < -0.39 is 0 Å². The zero-order valence-corrected chi connectivity index (χ0v) is 8.29. The largest absolute Gasteiger partial charge is 0.505 e. The second-order valence-corrected chi connectivity index (χ2v) is 2.55. The normalized spacial score (nSPS) is 7.85. The first kappa shape index (κ1) is 11.5. The molecule has 0 atom stereocenters. The van der Waals surface area contributed by atoms with Gasteiger partial charge >= 0.3 is 0 Å². The molecule has 0 heterocycles. The molecule has 0 unspecified atom stereocenters. The summed E-state index contributed by atoms with van der Waals surface area (Å²) in [6.07, 6.45) is 1.38. The van der Waals surface area contributed by atoms with Gasteiger partial charge in [0.25, 0.3) is 0 Å². The summed E-state index contributed by atoms with van der Waals surface area (Å²) in [5.74, 6) is 0. The zero-order valence-electron chi connectivity index (χ0n) is 8.29. The number of methoxy groups -OCH3 is 1. The lowest BCUT2D eigenvalue weighted by molar-refractivity contribution is 0.339. The van der Waals surface area contributed by atoms with Crippen molar-refractivity contribution in [2.24, 2.45) is 0 Å². The average molecular weight is 176 g/mol. The van der Waals surface area contributed by atoms with Crippen LogP contribution < -0.4 is 0 Å². The Kier molecular flexibility index (Phi) is 6.34. The first-order chi connectivity index (χ1) is 6.22. The summed E-state index contributed by atoms with van der Waals surface area (Å²) in [4.78, 5) is 0. The lowest BCUT2D eigenvalue weighted by atomic mass is 10.1. The predicted octanol–water partition coefficient (Wildman–Crippen LogP) is 3.50. The molecule has 0 aliphatic heterocycles. The van der Waals surface area contributed by atoms with Gasteiger partial charge in [0.15, 0.2) is 0 Å². The lowest BCUT2D eigenvalue weighted by Gasteiger charge is -1.94. The smallest absolute Gasteiger partial charge is 0.0766 e. The molecule has 1 heteroatoms. The second-order valence-electron chi connectivity index (χ2n) is 2.55. The molecule has 0 aliphatic carbocycles. The molecule has 0 bridgehead atoms. The average Bonchev–Trinajstić information content (AvgIpc) is 2.19. The van der Waals surface area contributed by atoms with Gasteiger partial charge in [0.05, 0.1) is 13.4 Å². The SMILES string of the molecule is C=C(C)c1ccccc1.C=COC. The minimum Gasteiger partial charge on any atom is -0.505 e. The summed E-state index contributed by atoms with van der Waals surface area (Å²) in [5.41, 5.74) is 2.34. The monoisotopic (exact) mass is 176 g/mol. The van der Waals surface area contributed by atoms with Crippen LogP contribution in [0.3, 0.4) is 0 Å². The van der Waals surface area contributed by atoms with E-state index in [1.807, 2.05) is 25.1 Å². The number of hydrogen-bond acceptors (Lipinski definition) is 1. The van der Waals surface area contributed by atoms with E-state index in [-0.39, 0.29) is 0 Å². The van der Waals surface area contributed by atoms with Crippen LogP contribution in [0.1, 0.15) is 12.5 Å². The molecule has 0 fully saturated rings. The fourth-order valence-corrected chi connectivity index (χ4v) is 0.723. The predicted molar refractivity (Wildman–Crippen MR) is 58.4 cm³/mol. The van der Waals surface area contributed by atoms with Crippen molar-refractivity contribution < 1.29 is 4.74 Å². The summed E-state index contributed by atoms with van der Waals surface area (Å²) in [6.45, 7) is 9.09. The van der Waals surface area contributed by atoms with Gasteiger partial charge in [0, 0.05) is 0 Å². The van der Waals surface area contributed by atoms with Gasteiger partial charge in [-0.3, -0.25) is 0 Å². The van der Waals surface area contributed by atoms with Gasteiger partial charge in [-0.25, -0.2) is 0 Å². The Balaban J connectivity index is 0.000000310. The highest BCUT2D eigenvalue weighted by Crippen LogP contribution is 2.08. The Morgan fingerprint density at radius 3 is 2.00 bits per heavy atom. The Labute approximate surface area is 80.4 Å². The number of benzene rings is 1. The third kappa shape index (κ3) is 5.74. The Bertz CT molecular complexity index is 249. The van der Waals surface area contributed by atoms with Crippen molar-refractivity contribution in [1.29, 1.82) is 0 Å². The van der Waals surface area contributed by atoms with Crippen LogP contribution in [0.5, 0.6) is 0 Å². The third-order valence-electron chi connectivity index (χ3n) is 1.43. The topological polar surface area (TPSA) is 9.23 Å². The van der Waals surface area contributed by atoms with E-state index in [4.69, 9.17) is 0 Å². The summed E-state index contributed by atoms with van der Waals surface area (Å²) >= 11 is 0. The molecule has 0 aromatic heterocycles. The van der Waals surface area contributed by atoms with Crippen LogP contribution in [-0.4, -0.2) is 7.11 Å². The molecule has 0 spiro atoms. The zero-order chi connectivity index (χ0) is 10.1. The van der Waals surface area contributed by atoms with Gasteiger partial charge in [-0.1, -0.05) is 49.1 Å². The van der Waals surface area contributed by atoms with E-state index in [2.05, 4.69) is 30.0 Å². The van der Waals surface area contributed by atoms with Crippen LogP contribution in [0, 0.1) is 0 Å². The third-order valence-corrected chi connectivity index (χ3v) is 1.43. The van der Waals surface area contributed by atoms with E-state index in [9.17, 15) is 0 Å². The Morgan fingerprint density at radius 2 is 1.77 bits per heavy atom. The van der Waals surface area contributed by atoms with Crippen molar-refractivity contribution >= 4 is 5.57 Å². The van der Waals surface area contributed by atoms with Gasteiger partial charge < -0.3 is 4.74 Å². The highest BCUT2D eigenvalue weighted by molar-refractivity contribution is 5.60. The number of hydrogen-bond donors (Lipinski definition) is 0. The van der Waals surface area contributed by atoms with Gasteiger partial charge in [0.1, 0.15) is 0 Å². The number of allylic oxidation sites excluding steroid dienone is 1. The molecule has 13 heavy (non-hydrogen) atoms. The van der Waals surface area contributed by atoms with Crippen molar-refractivity contribution in [3.05, 3.63) is 55.3 Å². The van der Waals surface area contributed by atoms with E-state index in [1.165, 1.54) is 11.8 Å². The molecule has 70 valence electrons. The van der Waals surface area contributed by atoms with Gasteiger partial charge in [0.2, 0.25) is 0 Å². The minimum absolute atomic E-state index is 1.12. The van der Waals surface area contributed by atoms with Crippen LogP contribution >= 0.6 is 0 Å². The highest BCUT2D eigenvalue weighted by Gasteiger charge is 1.86. The van der Waals surface area contributed by atoms with Crippen LogP contribution in [0.15, 0.2) is 49.8 Å². The molecule has 0 saturated heterocycles. The van der Waals surface area contributed by atoms with E-state index in [0.29, 0.717) is 0 Å². The maximum Gasteiger partial charge on any atom is 0.0766 e. The maximum atomic E-state index is 4.31. The van der Waals surface area contributed by atoms with Crippen molar-refractivity contribution in [2.75, 3.05) is 7.11 Å². The molecule has 0 N–H and O–H groups in total. The molecule has 0 amide bonds. The fraction of sp³-hybridized carbons (Fsp3) is 0.167. The van der Waals surface area contributed by atoms with Gasteiger partial charge in [-0.05, 0) is 12.5 Å². The molecule has 0 aliphatic rings. The minimum atomic E-state index is 1.12. The molecule has 1 rings (SSSR count). The van der Waals surface area contributed by atoms with E-state index >= 15 is 0 Å². The molecule has 1 nitrogen and oxygen atoms in total. The molecule has 1 aromatic rings. The second kappa shape index (κ2) is 7.17. The summed E-state index contributed by atoms with van der Waals surface area (Å²) in [7, 11) is 1.56. The van der Waals surface area contributed by atoms with Crippen molar-refractivity contribution in [3.8, 4) is 0 Å². The van der Waals surface area contributed by atoms with E-state index in [1.54, 1.807) is 7.11 Å². The van der Waals surface area contributed by atoms with Crippen molar-refractivity contribution in [3.63, 3.8) is 0 Å². The summed E-state index contributed by atoms with van der Waals surface area (Å²) in [5, 5.41) is 0. The quantitative estimate of drug-likeness (QED) is 0.627. The molecule has 0 radical (unpaired) electrons. The fourth-order valence-electron chi connectivity index (χ4n) is 0.723. The lowest BCUT2D eigenvalue weighted by Crippen LogP contribution is -1.72. The first-order valence-electron chi connectivity index (χ1n) is 4.07. The van der Waals surface area contributed by atoms with E-state index in [0.717, 1.165) is 5.57 Å². The maximum absolute atomic E-state index is 4.31. The Morgan fingerprint density at radius 1 is 1.31 bits per heavy atom. The van der Waals surface area contributed by atoms with Crippen LogP contribution in [0.25, 0.3) is 5.57 Å². The molecule has 1 aromatic carbocycles. The standard InChI is InChI=1S/C9H10.C3H6O/c1-8(2)9-6-4-3-5-7-9;1-3-4-2/h3-7H,1H2,2H3;3H,1H2,2H3. The number of ether oxygens (including phenoxy) is 1. The van der Waals surface area contributed by atoms with Crippen molar-refractivity contribution in [2.45, 2.75) is 6.92 Å². The Hall–Kier alpha value is -1.50. The summed E-state index contributed by atoms with van der Waals surface area (Å²) < 4.78 is 4.31. The summed E-state index contributed by atoms with van der Waals surface area (Å²) in [6, 6.07) is 10.2. The van der Waals surface area contributed by atoms with Gasteiger partial charge in [-0.2, -0.15) is 0 Å². The molecular formula is C12H16O. The molecular weight excluding hydrogens is 160 g/mol. The highest BCUT2D eigenvalue weighted by atomic mass is 16.5. The van der Waals surface area contributed by atoms with Crippen LogP contribution in [0.4, 0.5) is 0 Å². The van der Waals surface area contributed by atoms with Crippen LogP contribution in [-0.2, 0) is 4.74 Å². The van der Waals surface area contributed by atoms with Gasteiger partial charge in [-0.15, -0.1) is 0 Å². The van der Waals surface area contributed by atoms with Crippen molar-refractivity contribution in [1.82, 2.24) is 0 Å². The number of rotatable bonds is 2.